The Hall–Kier alpha value is -2.82. The average Bonchev–Trinajstić information content (AvgIpc) is 3.25. The highest BCUT2D eigenvalue weighted by Gasteiger charge is 2.32. The zero-order chi connectivity index (χ0) is 22.8. The van der Waals surface area contributed by atoms with Crippen molar-refractivity contribution in [1.29, 1.82) is 0 Å². The van der Waals surface area contributed by atoms with Crippen LogP contribution >= 0.6 is 0 Å². The van der Waals surface area contributed by atoms with Gasteiger partial charge in [0.2, 0.25) is 20.0 Å². The predicted molar refractivity (Wildman–Crippen MR) is 112 cm³/mol. The molecule has 0 amide bonds. The second-order valence-corrected chi connectivity index (χ2v) is 9.67. The Balaban J connectivity index is 2.31. The van der Waals surface area contributed by atoms with Crippen molar-refractivity contribution in [3.05, 3.63) is 36.0 Å². The number of nitrogens with one attached hydrogen (secondary N) is 1. The summed E-state index contributed by atoms with van der Waals surface area (Å²) in [6.07, 6.45) is 0.220. The van der Waals surface area contributed by atoms with E-state index in [1.807, 2.05) is 0 Å². The van der Waals surface area contributed by atoms with Gasteiger partial charge in [-0.1, -0.05) is 6.07 Å². The summed E-state index contributed by atoms with van der Waals surface area (Å²) in [6, 6.07) is 5.53. The number of benzene rings is 1. The monoisotopic (exact) mass is 468 g/mol. The molecule has 0 bridgehead atoms. The van der Waals surface area contributed by atoms with Crippen molar-refractivity contribution in [2.24, 2.45) is 26.1 Å². The van der Waals surface area contributed by atoms with Crippen molar-refractivity contribution in [1.82, 2.24) is 9.71 Å². The van der Waals surface area contributed by atoms with Gasteiger partial charge < -0.3 is 16.6 Å². The topological polar surface area (TPSA) is 229 Å². The van der Waals surface area contributed by atoms with E-state index < -0.39 is 42.5 Å². The van der Waals surface area contributed by atoms with Gasteiger partial charge in [0.1, 0.15) is 15.6 Å². The number of pyridine rings is 1. The molecule has 1 atom stereocenters. The van der Waals surface area contributed by atoms with Gasteiger partial charge in [-0.15, -0.1) is 5.11 Å². The van der Waals surface area contributed by atoms with Gasteiger partial charge in [0, 0.05) is 24.8 Å². The van der Waals surface area contributed by atoms with E-state index in [1.54, 1.807) is 6.07 Å². The summed E-state index contributed by atoms with van der Waals surface area (Å²) in [5.41, 5.74) is 11.4. The van der Waals surface area contributed by atoms with E-state index in [0.717, 1.165) is 6.07 Å². The lowest BCUT2D eigenvalue weighted by Crippen LogP contribution is -2.37. The van der Waals surface area contributed by atoms with Crippen molar-refractivity contribution in [3.63, 3.8) is 0 Å². The molecule has 0 radical (unpaired) electrons. The average molecular weight is 469 g/mol. The highest BCUT2D eigenvalue weighted by molar-refractivity contribution is 7.92. The van der Waals surface area contributed by atoms with Crippen LogP contribution in [-0.4, -0.2) is 58.6 Å². The van der Waals surface area contributed by atoms with Crippen LogP contribution in [0.5, 0.6) is 0 Å². The summed E-state index contributed by atoms with van der Waals surface area (Å²) < 4.78 is 53.0. The Morgan fingerprint density at radius 3 is 2.45 bits per heavy atom. The van der Waals surface area contributed by atoms with Gasteiger partial charge in [0.05, 0.1) is 11.7 Å². The van der Waals surface area contributed by atoms with Crippen molar-refractivity contribution >= 4 is 31.7 Å². The third-order valence-corrected chi connectivity index (χ3v) is 6.84. The minimum Gasteiger partial charge on any atom is -0.390 e. The molecule has 8 N–H and O–H groups in total. The van der Waals surface area contributed by atoms with Crippen LogP contribution in [0, 0.1) is 0 Å². The number of anilines is 1. The summed E-state index contributed by atoms with van der Waals surface area (Å²) >= 11 is 0. The van der Waals surface area contributed by atoms with Crippen molar-refractivity contribution in [3.8, 4) is 11.1 Å². The van der Waals surface area contributed by atoms with E-state index in [1.165, 1.54) is 18.3 Å². The molecule has 1 aromatic heterocycles. The van der Waals surface area contributed by atoms with E-state index >= 15 is 0 Å². The second kappa shape index (κ2) is 8.74. The summed E-state index contributed by atoms with van der Waals surface area (Å²) in [6.45, 7) is -0.685. The number of hydrogen-bond acceptors (Lipinski definition) is 11. The first-order valence-corrected chi connectivity index (χ1v) is 11.8. The Morgan fingerprint density at radius 1 is 1.16 bits per heavy atom. The number of rotatable bonds is 8. The molecule has 0 fully saturated rings. The minimum absolute atomic E-state index is 0.0588. The van der Waals surface area contributed by atoms with Crippen molar-refractivity contribution < 1.29 is 21.9 Å². The van der Waals surface area contributed by atoms with Gasteiger partial charge in [-0.25, -0.2) is 36.7 Å². The van der Waals surface area contributed by atoms with Crippen LogP contribution in [-0.2, 0) is 20.0 Å². The number of azo groups is 1. The number of aliphatic hydroxyl groups is 1. The summed E-state index contributed by atoms with van der Waals surface area (Å²) in [7, 11) is -9.03. The standard InChI is InChI=1S/C16H20N8O5S2/c17-5-10(25)7-23-31(28,29)12-3-2-11(9-1-4-13(18)20-6-9)14(15(12)30(19,26)27)16-21-8-22-24-16/h1-4,6,10,23,25H,5,7-8,17H2,(H2,18,20)(H2,19,26,27)/t10-/m0/s1. The first-order valence-electron chi connectivity index (χ1n) is 8.76. The molecule has 3 rings (SSSR count). The minimum atomic E-state index is -4.60. The van der Waals surface area contributed by atoms with Crippen LogP contribution < -0.4 is 21.3 Å². The van der Waals surface area contributed by atoms with E-state index in [9.17, 15) is 21.9 Å². The van der Waals surface area contributed by atoms with Crippen LogP contribution in [0.3, 0.4) is 0 Å². The van der Waals surface area contributed by atoms with Gasteiger partial charge in [0.15, 0.2) is 12.5 Å². The molecule has 0 spiro atoms. The fraction of sp³-hybridized carbons (Fsp3) is 0.250. The van der Waals surface area contributed by atoms with Crippen LogP contribution in [0.2, 0.25) is 0 Å². The van der Waals surface area contributed by atoms with Crippen molar-refractivity contribution in [2.75, 3.05) is 25.5 Å². The van der Waals surface area contributed by atoms with Crippen LogP contribution in [0.25, 0.3) is 11.1 Å². The Labute approximate surface area is 178 Å². The number of aromatic nitrogens is 1. The molecule has 2 heterocycles. The number of aliphatic imine (C=N–C) groups is 1. The summed E-state index contributed by atoms with van der Waals surface area (Å²) in [5.74, 6) is 0.131. The number of aliphatic hydroxyl groups excluding tert-OH is 1. The van der Waals surface area contributed by atoms with Gasteiger partial charge in [-0.2, -0.15) is 5.11 Å². The molecule has 0 saturated heterocycles. The predicted octanol–water partition coefficient (Wildman–Crippen LogP) is -1.25. The molecule has 15 heteroatoms. The molecule has 0 aliphatic carbocycles. The maximum absolute atomic E-state index is 12.9. The number of amidine groups is 1. The number of sulfonamides is 2. The van der Waals surface area contributed by atoms with Crippen molar-refractivity contribution in [2.45, 2.75) is 15.9 Å². The lowest BCUT2D eigenvalue weighted by atomic mass is 10.00. The normalized spacial score (nSPS) is 15.1. The van der Waals surface area contributed by atoms with E-state index in [4.69, 9.17) is 16.6 Å². The van der Waals surface area contributed by atoms with Gasteiger partial charge in [-0.3, -0.25) is 0 Å². The first-order chi connectivity index (χ1) is 14.5. The maximum Gasteiger partial charge on any atom is 0.242 e. The fourth-order valence-corrected chi connectivity index (χ4v) is 5.48. The molecule has 1 aliphatic rings. The zero-order valence-electron chi connectivity index (χ0n) is 16.0. The van der Waals surface area contributed by atoms with Gasteiger partial charge in [0.25, 0.3) is 0 Å². The Kier molecular flexibility index (Phi) is 6.44. The third-order valence-electron chi connectivity index (χ3n) is 4.25. The smallest absolute Gasteiger partial charge is 0.242 e. The maximum atomic E-state index is 12.9. The third kappa shape index (κ3) is 4.92. The Morgan fingerprint density at radius 2 is 1.90 bits per heavy atom. The number of nitrogens with zero attached hydrogens (tertiary/aromatic N) is 4. The molecule has 31 heavy (non-hydrogen) atoms. The fourth-order valence-electron chi connectivity index (χ4n) is 2.81. The molecule has 1 aromatic carbocycles. The summed E-state index contributed by atoms with van der Waals surface area (Å²) in [4.78, 5) is 6.67. The molecular formula is C16H20N8O5S2. The summed E-state index contributed by atoms with van der Waals surface area (Å²) in [5, 5.41) is 22.6. The molecular weight excluding hydrogens is 448 g/mol. The zero-order valence-corrected chi connectivity index (χ0v) is 17.6. The van der Waals surface area contributed by atoms with E-state index in [0.29, 0.717) is 5.56 Å². The van der Waals surface area contributed by atoms with Crippen LogP contribution in [0.1, 0.15) is 5.56 Å². The number of nitrogens with two attached hydrogens (primary N) is 3. The van der Waals surface area contributed by atoms with Gasteiger partial charge in [-0.05, 0) is 23.8 Å². The molecule has 1 aliphatic heterocycles. The highest BCUT2D eigenvalue weighted by Crippen LogP contribution is 2.34. The number of nitrogen functional groups attached to an aromatic ring is 1. The SMILES string of the molecule is NC[C@H](O)CNS(=O)(=O)c1ccc(-c2ccc(N)nc2)c(C2=NCN=N2)c1S(N)(=O)=O. The lowest BCUT2D eigenvalue weighted by Gasteiger charge is -2.17. The molecule has 13 nitrogen and oxygen atoms in total. The molecule has 166 valence electrons. The lowest BCUT2D eigenvalue weighted by molar-refractivity contribution is 0.186. The van der Waals surface area contributed by atoms with Gasteiger partial charge >= 0.3 is 0 Å². The quantitative estimate of drug-likeness (QED) is 0.313. The molecule has 0 unspecified atom stereocenters. The molecule has 0 saturated carbocycles. The highest BCUT2D eigenvalue weighted by atomic mass is 32.2. The molecule has 2 aromatic rings. The van der Waals surface area contributed by atoms with E-state index in [2.05, 4.69) is 24.9 Å². The number of hydrogen-bond donors (Lipinski definition) is 5. The first kappa shape index (κ1) is 22.9. The van der Waals surface area contributed by atoms with E-state index in [-0.39, 0.29) is 36.0 Å². The van der Waals surface area contributed by atoms with Crippen LogP contribution in [0.15, 0.2) is 55.5 Å². The second-order valence-electron chi connectivity index (χ2n) is 6.44. The van der Waals surface area contributed by atoms with Crippen LogP contribution in [0.4, 0.5) is 5.82 Å². The number of primary sulfonamides is 1. The largest absolute Gasteiger partial charge is 0.390 e. The Bertz CT molecular complexity index is 1260.